The minimum absolute atomic E-state index is 0.0117. The lowest BCUT2D eigenvalue weighted by molar-refractivity contribution is -0.138. The van der Waals surface area contributed by atoms with Gasteiger partial charge in [0.05, 0.1) is 110 Å². The van der Waals surface area contributed by atoms with E-state index in [0.717, 1.165) is 29.2 Å². The number of nitrogens with one attached hydrogen (secondary N) is 3. The number of halogens is 8. The minimum Gasteiger partial charge on any atom is -0.444 e. The van der Waals surface area contributed by atoms with Gasteiger partial charge in [0.2, 0.25) is 0 Å². The Morgan fingerprint density at radius 2 is 0.922 bits per heavy atom. The molecular formula is C73H57F8N15O7. The Kier molecular flexibility index (Phi) is 19.0. The van der Waals surface area contributed by atoms with Crippen LogP contribution in [0.3, 0.4) is 0 Å². The summed E-state index contributed by atoms with van der Waals surface area (Å²) in [5, 5.41) is 40.5. The molecule has 6 aromatic carbocycles. The Labute approximate surface area is 581 Å². The fourth-order valence-electron chi connectivity index (χ4n) is 13.4. The normalized spacial score (nSPS) is 18.3. The van der Waals surface area contributed by atoms with Crippen molar-refractivity contribution in [3.05, 3.63) is 242 Å². The van der Waals surface area contributed by atoms with E-state index in [4.69, 9.17) is 9.68 Å². The van der Waals surface area contributed by atoms with Crippen molar-refractivity contribution in [1.82, 2.24) is 45.4 Å². The van der Waals surface area contributed by atoms with Crippen LogP contribution in [0.5, 0.6) is 0 Å². The molecule has 3 N–H and O–H groups in total. The Balaban J connectivity index is 0.000000146. The molecule has 0 spiro atoms. The summed E-state index contributed by atoms with van der Waals surface area (Å²) >= 11 is 0. The van der Waals surface area contributed by atoms with Gasteiger partial charge in [-0.15, -0.1) is 0 Å². The first kappa shape index (κ1) is 70.0. The molecule has 0 saturated heterocycles. The van der Waals surface area contributed by atoms with Crippen LogP contribution in [-0.4, -0.2) is 106 Å². The summed E-state index contributed by atoms with van der Waals surface area (Å²) in [5.74, 6) is -0.823. The Hall–Kier alpha value is -12.9. The molecule has 14 rings (SSSR count). The van der Waals surface area contributed by atoms with Crippen molar-refractivity contribution in [3.63, 3.8) is 0 Å². The third kappa shape index (κ3) is 13.3. The van der Waals surface area contributed by atoms with Crippen LogP contribution in [0.2, 0.25) is 0 Å². The maximum absolute atomic E-state index is 13.7. The molecular weight excluding hydrogens is 1350 g/mol. The first-order valence-corrected chi connectivity index (χ1v) is 31.7. The number of benzene rings is 6. The highest BCUT2D eigenvalue weighted by Crippen LogP contribution is 2.48. The van der Waals surface area contributed by atoms with E-state index >= 15 is 0 Å². The number of likely N-dealkylation sites (N-methyl/N-ethyl adjacent to an activating group) is 3. The summed E-state index contributed by atoms with van der Waals surface area (Å²) in [6.45, 7) is 0.804. The number of rotatable bonds is 9. The largest absolute Gasteiger partial charge is 0.444 e. The first-order chi connectivity index (χ1) is 49.2. The SMILES string of the molecule is CN1C(=O)N(c2cccc(C(F)(F)F)c2)C2=C(C(=O)NCC2)[C@H]1c1ccc(C#N)cc1-c1cnco1.CN1C(=O)N(c2cccc(C(F)(F)F)c2)C2=C(C(=O)NCC2)[C@H]1c1ccc(C#N)cc1-c1cnn(C)c1.CN1C(=O)N(c2cccc(C(F)F)c2)C2=C(C(=O)NCC2)[C@H]1c1ccc(C#N)cc1. The molecule has 3 atom stereocenters. The minimum atomic E-state index is -4.60. The van der Waals surface area contributed by atoms with Crippen LogP contribution in [-0.2, 0) is 33.8 Å². The van der Waals surface area contributed by atoms with Crippen molar-refractivity contribution in [3.8, 4) is 40.7 Å². The van der Waals surface area contributed by atoms with Crippen LogP contribution in [0.25, 0.3) is 22.5 Å². The molecule has 30 heteroatoms. The van der Waals surface area contributed by atoms with Gasteiger partial charge >= 0.3 is 30.4 Å². The van der Waals surface area contributed by atoms with Gasteiger partial charge in [-0.2, -0.15) is 47.2 Å². The molecule has 9 amide bonds. The second-order valence-corrected chi connectivity index (χ2v) is 24.3. The molecule has 0 radical (unpaired) electrons. The summed E-state index contributed by atoms with van der Waals surface area (Å²) in [5.41, 5.74) is 5.16. The van der Waals surface area contributed by atoms with Crippen LogP contribution in [0.4, 0.5) is 66.6 Å². The summed E-state index contributed by atoms with van der Waals surface area (Å²) in [6.07, 6.45) is -4.91. The van der Waals surface area contributed by atoms with Crippen LogP contribution in [0.1, 0.15) is 93.9 Å². The van der Waals surface area contributed by atoms with E-state index in [2.05, 4.69) is 38.2 Å². The first-order valence-electron chi connectivity index (χ1n) is 31.7. The van der Waals surface area contributed by atoms with Crippen molar-refractivity contribution in [2.75, 3.05) is 55.5 Å². The van der Waals surface area contributed by atoms with Crippen LogP contribution in [0.15, 0.2) is 197 Å². The van der Waals surface area contributed by atoms with Gasteiger partial charge < -0.3 is 35.1 Å². The van der Waals surface area contributed by atoms with Crippen molar-refractivity contribution in [2.24, 2.45) is 7.05 Å². The quantitative estimate of drug-likeness (QED) is 0.114. The smallest absolute Gasteiger partial charge is 0.416 e. The number of nitriles is 3. The summed E-state index contributed by atoms with van der Waals surface area (Å²) < 4.78 is 114. The number of nitrogens with zero attached hydrogens (tertiary/aromatic N) is 12. The van der Waals surface area contributed by atoms with Crippen molar-refractivity contribution >= 4 is 52.9 Å². The number of aromatic nitrogens is 3. The molecule has 0 fully saturated rings. The molecule has 6 aliphatic heterocycles. The number of aryl methyl sites for hydroxylation is 1. The number of oxazole rings is 1. The van der Waals surface area contributed by atoms with Crippen molar-refractivity contribution < 1.29 is 68.3 Å². The van der Waals surface area contributed by atoms with Gasteiger partial charge in [-0.05, 0) is 107 Å². The van der Waals surface area contributed by atoms with E-state index in [0.29, 0.717) is 97.1 Å². The van der Waals surface area contributed by atoms with E-state index in [9.17, 15) is 74.4 Å². The van der Waals surface area contributed by atoms with Gasteiger partial charge in [0.25, 0.3) is 24.1 Å². The van der Waals surface area contributed by atoms with Crippen LogP contribution in [0, 0.1) is 34.0 Å². The van der Waals surface area contributed by atoms with E-state index in [-0.39, 0.29) is 59.9 Å². The lowest BCUT2D eigenvalue weighted by Gasteiger charge is -2.44. The summed E-state index contributed by atoms with van der Waals surface area (Å²) in [6, 6.07) is 33.3. The molecule has 2 aromatic heterocycles. The number of hydrogen-bond donors (Lipinski definition) is 3. The fraction of sp³-hybridized carbons (Fsp3) is 0.219. The molecule has 8 aromatic rings. The van der Waals surface area contributed by atoms with Gasteiger partial charge in [-0.3, -0.25) is 33.8 Å². The highest BCUT2D eigenvalue weighted by atomic mass is 19.4. The average Bonchev–Trinajstić information content (AvgIpc) is 0.974. The molecule has 522 valence electrons. The van der Waals surface area contributed by atoms with E-state index < -0.39 is 77.9 Å². The second-order valence-electron chi connectivity index (χ2n) is 24.3. The lowest BCUT2D eigenvalue weighted by atomic mass is 9.85. The maximum Gasteiger partial charge on any atom is 0.416 e. The van der Waals surface area contributed by atoms with E-state index in [1.165, 1.54) is 93.6 Å². The average molecular weight is 1410 g/mol. The maximum atomic E-state index is 13.7. The molecule has 22 nitrogen and oxygen atoms in total. The van der Waals surface area contributed by atoms with E-state index in [1.54, 1.807) is 97.9 Å². The molecule has 0 unspecified atom stereocenters. The Bertz CT molecular complexity index is 5010. The predicted octanol–water partition coefficient (Wildman–Crippen LogP) is 12.9. The molecule has 0 bridgehead atoms. The predicted molar refractivity (Wildman–Crippen MR) is 355 cm³/mol. The number of carbonyl (C=O) groups is 6. The Morgan fingerprint density at radius 3 is 1.34 bits per heavy atom. The monoisotopic (exact) mass is 1410 g/mol. The fourth-order valence-corrected chi connectivity index (χ4v) is 13.4. The molecule has 0 saturated carbocycles. The third-order valence-electron chi connectivity index (χ3n) is 18.1. The van der Waals surface area contributed by atoms with Gasteiger partial charge in [0.15, 0.2) is 12.2 Å². The zero-order valence-electron chi connectivity index (χ0n) is 54.8. The zero-order valence-corrected chi connectivity index (χ0v) is 54.8. The third-order valence-corrected chi connectivity index (χ3v) is 18.1. The summed E-state index contributed by atoms with van der Waals surface area (Å²) in [4.78, 5) is 91.7. The van der Waals surface area contributed by atoms with Gasteiger partial charge in [0.1, 0.15) is 0 Å². The van der Waals surface area contributed by atoms with Gasteiger partial charge in [-0.25, -0.2) is 28.1 Å². The summed E-state index contributed by atoms with van der Waals surface area (Å²) in [7, 11) is 6.29. The van der Waals surface area contributed by atoms with E-state index in [1.807, 2.05) is 6.07 Å². The number of urea groups is 3. The van der Waals surface area contributed by atoms with Crippen molar-refractivity contribution in [1.29, 1.82) is 15.8 Å². The molecule has 6 aliphatic rings. The van der Waals surface area contributed by atoms with Crippen molar-refractivity contribution in [2.45, 2.75) is 56.2 Å². The van der Waals surface area contributed by atoms with Crippen LogP contribution >= 0.6 is 0 Å². The number of carbonyl (C=O) groups excluding carboxylic acids is 6. The highest BCUT2D eigenvalue weighted by molar-refractivity contribution is 6.08. The Morgan fingerprint density at radius 1 is 0.505 bits per heavy atom. The molecule has 8 heterocycles. The topological polar surface area (TPSA) is 273 Å². The number of anilines is 3. The number of alkyl halides is 8. The highest BCUT2D eigenvalue weighted by Gasteiger charge is 2.48. The number of hydrogen-bond acceptors (Lipinski definition) is 12. The zero-order chi connectivity index (χ0) is 73.5. The molecule has 103 heavy (non-hydrogen) atoms. The molecule has 0 aliphatic carbocycles. The standard InChI is InChI=1S/C26H21F3N6O2.C25H18F3N5O3.C22H18F2N4O2/c1-33-14-16(13-32-33)20-10-15(12-30)6-7-19(20)23-22-21(8-9-31-24(22)36)35(25(37)34(23)2)18-5-3-4-17(11-18)26(27,28)29;1-32-22(17-6-5-14(11-29)9-18(17)20-12-30-13-36-20)21-19(7-8-31-23(21)34)33(24(32)35)16-4-2-3-15(10-16)25(26,27)28;1-27-19(14-7-5-13(12-25)6-8-14)18-17(9-10-26-21(18)29)28(22(27)30)16-4-2-3-15(11-16)20(23)24/h3-7,10-11,13-14,23H,8-9H2,1-2H3,(H,31,36);2-6,9-10,12-13,22H,7-8H2,1H3,(H,31,34);2-8,11,19-20H,9-10H2,1H3,(H,26,29)/t23-;22-;19-/m111/s1. The lowest BCUT2D eigenvalue weighted by Crippen LogP contribution is -2.53. The van der Waals surface area contributed by atoms with Gasteiger partial charge in [0, 0.05) is 107 Å². The van der Waals surface area contributed by atoms with Crippen LogP contribution < -0.4 is 30.7 Å². The number of amides is 9. The second kappa shape index (κ2) is 28.0. The van der Waals surface area contributed by atoms with Gasteiger partial charge in [-0.1, -0.05) is 48.5 Å².